The molecule has 37 heavy (non-hydrogen) atoms. The van der Waals surface area contributed by atoms with Crippen LogP contribution < -0.4 is 9.84 Å². The van der Waals surface area contributed by atoms with Crippen LogP contribution in [0.5, 0.6) is 5.75 Å². The summed E-state index contributed by atoms with van der Waals surface area (Å²) in [7, 11) is 0. The molecule has 2 unspecified atom stereocenters. The molecule has 0 spiro atoms. The number of rotatable bonds is 8. The van der Waals surface area contributed by atoms with Gasteiger partial charge in [0.05, 0.1) is 5.97 Å². The smallest absolute Gasteiger partial charge is 0.198 e. The molecule has 0 aliphatic heterocycles. The number of hydrogen-bond acceptors (Lipinski definition) is 5. The van der Waals surface area contributed by atoms with Crippen LogP contribution in [0, 0.1) is 5.92 Å². The summed E-state index contributed by atoms with van der Waals surface area (Å²) in [5.41, 5.74) is 4.10. The van der Waals surface area contributed by atoms with Crippen molar-refractivity contribution in [3.05, 3.63) is 96.4 Å². The number of carboxylic acid groups (broad SMARTS) is 1. The molecule has 2 atom stereocenters. The van der Waals surface area contributed by atoms with Gasteiger partial charge in [-0.1, -0.05) is 98.5 Å². The fraction of sp³-hybridized carbons (Fsp3) is 0.312. The molecular weight excluding hydrogens is 462 g/mol. The second-order valence-corrected chi connectivity index (χ2v) is 9.83. The number of carbonyl (C=O) groups excluding carboxylic acids is 1. The van der Waals surface area contributed by atoms with Gasteiger partial charge in [-0.3, -0.25) is 0 Å². The van der Waals surface area contributed by atoms with Crippen molar-refractivity contribution in [1.82, 2.24) is 4.98 Å². The topological polar surface area (TPSA) is 75.4 Å². The fourth-order valence-corrected chi connectivity index (χ4v) is 5.41. The van der Waals surface area contributed by atoms with Gasteiger partial charge >= 0.3 is 0 Å². The van der Waals surface area contributed by atoms with E-state index in [2.05, 4.69) is 30.3 Å². The molecule has 1 fully saturated rings. The molecule has 1 heterocycles. The van der Waals surface area contributed by atoms with E-state index in [-0.39, 0.29) is 5.92 Å². The lowest BCUT2D eigenvalue weighted by molar-refractivity contribution is -0.307. The van der Waals surface area contributed by atoms with Crippen LogP contribution in [0.25, 0.3) is 22.6 Å². The lowest BCUT2D eigenvalue weighted by atomic mass is 9.78. The van der Waals surface area contributed by atoms with E-state index in [1.165, 1.54) is 19.3 Å². The molecule has 0 radical (unpaired) electrons. The predicted molar refractivity (Wildman–Crippen MR) is 142 cm³/mol. The summed E-state index contributed by atoms with van der Waals surface area (Å²) >= 11 is 0. The Labute approximate surface area is 218 Å². The molecule has 1 aliphatic rings. The van der Waals surface area contributed by atoms with Crippen molar-refractivity contribution in [1.29, 1.82) is 0 Å². The molecule has 5 heteroatoms. The zero-order valence-corrected chi connectivity index (χ0v) is 21.0. The Hall–Kier alpha value is -3.86. The predicted octanol–water partition coefficient (Wildman–Crippen LogP) is 6.43. The molecule has 190 valence electrons. The van der Waals surface area contributed by atoms with Crippen LogP contribution in [-0.4, -0.2) is 17.6 Å². The van der Waals surface area contributed by atoms with Gasteiger partial charge in [-0.25, -0.2) is 4.98 Å². The highest BCUT2D eigenvalue weighted by Crippen LogP contribution is 2.42. The molecule has 1 saturated carbocycles. The summed E-state index contributed by atoms with van der Waals surface area (Å²) in [4.78, 5) is 16.0. The molecule has 0 saturated heterocycles. The monoisotopic (exact) mass is 494 g/mol. The van der Waals surface area contributed by atoms with Crippen molar-refractivity contribution in [2.45, 2.75) is 50.9 Å². The Morgan fingerprint density at radius 2 is 1.57 bits per heavy atom. The Kier molecular flexibility index (Phi) is 7.99. The number of carboxylic acids is 1. The maximum atomic E-state index is 10.8. The fourth-order valence-electron chi connectivity index (χ4n) is 5.41. The second kappa shape index (κ2) is 11.9. The summed E-state index contributed by atoms with van der Waals surface area (Å²) in [5, 5.41) is 10.8. The normalized spacial score (nSPS) is 18.1. The van der Waals surface area contributed by atoms with Gasteiger partial charge in [-0.2, -0.15) is 0 Å². The lowest BCUT2D eigenvalue weighted by Crippen LogP contribution is -2.28. The average Bonchev–Trinajstić information content (AvgIpc) is 3.36. The number of benzene rings is 3. The Balaban J connectivity index is 1.48. The van der Waals surface area contributed by atoms with Crippen molar-refractivity contribution in [2.75, 3.05) is 6.61 Å². The number of nitrogens with zero attached hydrogens (tertiary/aromatic N) is 1. The SMILES string of the molecule is O=C([O-])COc1cccc(CC2CCCCCCC2c2nc(-c3ccccc3)c(-c3ccccc3)o2)c1. The molecule has 0 N–H and O–H groups in total. The van der Waals surface area contributed by atoms with Crippen LogP contribution in [0.1, 0.15) is 55.9 Å². The van der Waals surface area contributed by atoms with Crippen LogP contribution in [0.15, 0.2) is 89.3 Å². The van der Waals surface area contributed by atoms with Crippen LogP contribution in [0.3, 0.4) is 0 Å². The molecule has 5 rings (SSSR count). The van der Waals surface area contributed by atoms with Crippen LogP contribution in [0.2, 0.25) is 0 Å². The van der Waals surface area contributed by atoms with E-state index in [1.54, 1.807) is 6.07 Å². The molecule has 0 amide bonds. The van der Waals surface area contributed by atoms with Gasteiger partial charge in [0.25, 0.3) is 0 Å². The number of hydrogen-bond donors (Lipinski definition) is 0. The van der Waals surface area contributed by atoms with Gasteiger partial charge in [0.15, 0.2) is 11.7 Å². The average molecular weight is 495 g/mol. The van der Waals surface area contributed by atoms with Gasteiger partial charge in [0, 0.05) is 17.0 Å². The van der Waals surface area contributed by atoms with Crippen LogP contribution in [-0.2, 0) is 11.2 Å². The molecule has 4 aromatic rings. The first-order valence-corrected chi connectivity index (χ1v) is 13.2. The van der Waals surface area contributed by atoms with Gasteiger partial charge in [-0.15, -0.1) is 0 Å². The third-order valence-corrected chi connectivity index (χ3v) is 7.21. The third kappa shape index (κ3) is 6.29. The van der Waals surface area contributed by atoms with E-state index in [0.29, 0.717) is 11.7 Å². The first-order valence-electron chi connectivity index (χ1n) is 13.2. The quantitative estimate of drug-likeness (QED) is 0.282. The first kappa shape index (κ1) is 24.8. The summed E-state index contributed by atoms with van der Waals surface area (Å²) in [6.45, 7) is -0.448. The third-order valence-electron chi connectivity index (χ3n) is 7.21. The highest BCUT2D eigenvalue weighted by molar-refractivity contribution is 5.76. The van der Waals surface area contributed by atoms with Gasteiger partial charge < -0.3 is 19.1 Å². The van der Waals surface area contributed by atoms with Crippen LogP contribution >= 0.6 is 0 Å². The maximum Gasteiger partial charge on any atom is 0.198 e. The van der Waals surface area contributed by atoms with Crippen LogP contribution in [0.4, 0.5) is 0 Å². The Morgan fingerprint density at radius 3 is 2.30 bits per heavy atom. The number of aromatic nitrogens is 1. The summed E-state index contributed by atoms with van der Waals surface area (Å²) in [5.74, 6) is 1.53. The van der Waals surface area contributed by atoms with E-state index in [9.17, 15) is 9.90 Å². The standard InChI is InChI=1S/C32H33NO4/c34-29(35)22-36-27-18-11-12-23(21-27)20-26-17-5-1-2-10-19-28(26)32-33-30(24-13-6-3-7-14-24)31(37-32)25-15-8-4-9-16-25/h3-4,6-9,11-16,18,21,26,28H,1-2,5,10,17,19-20,22H2,(H,34,35)/p-1. The van der Waals surface area contributed by atoms with Crippen molar-refractivity contribution < 1.29 is 19.1 Å². The largest absolute Gasteiger partial charge is 0.546 e. The van der Waals surface area contributed by atoms with Gasteiger partial charge in [0.2, 0.25) is 0 Å². The Morgan fingerprint density at radius 1 is 0.865 bits per heavy atom. The highest BCUT2D eigenvalue weighted by Gasteiger charge is 2.30. The first-order chi connectivity index (χ1) is 18.2. The van der Waals surface area contributed by atoms with Crippen molar-refractivity contribution in [3.63, 3.8) is 0 Å². The lowest BCUT2D eigenvalue weighted by Gasteiger charge is -2.27. The van der Waals surface area contributed by atoms with E-state index in [1.807, 2.05) is 48.5 Å². The van der Waals surface area contributed by atoms with Gasteiger partial charge in [0.1, 0.15) is 18.1 Å². The molecule has 0 bridgehead atoms. The number of carbonyl (C=O) groups is 1. The molecule has 5 nitrogen and oxygen atoms in total. The summed E-state index contributed by atoms with van der Waals surface area (Å²) in [6.07, 6.45) is 7.80. The summed E-state index contributed by atoms with van der Waals surface area (Å²) in [6, 6.07) is 28.2. The minimum absolute atomic E-state index is 0.202. The van der Waals surface area contributed by atoms with E-state index < -0.39 is 12.6 Å². The Bertz CT molecular complexity index is 1240. The number of aliphatic carboxylic acids is 1. The minimum Gasteiger partial charge on any atom is -0.546 e. The molecule has 3 aromatic carbocycles. The van der Waals surface area contributed by atoms with Crippen molar-refractivity contribution >= 4 is 5.97 Å². The number of ether oxygens (including phenoxy) is 1. The zero-order valence-electron chi connectivity index (χ0n) is 21.0. The zero-order chi connectivity index (χ0) is 25.5. The molecular formula is C32H32NO4-. The van der Waals surface area contributed by atoms with E-state index in [0.717, 1.165) is 59.7 Å². The van der Waals surface area contributed by atoms with Crippen molar-refractivity contribution in [3.8, 4) is 28.3 Å². The van der Waals surface area contributed by atoms with Crippen molar-refractivity contribution in [2.24, 2.45) is 5.92 Å². The second-order valence-electron chi connectivity index (χ2n) is 9.83. The van der Waals surface area contributed by atoms with E-state index >= 15 is 0 Å². The van der Waals surface area contributed by atoms with E-state index in [4.69, 9.17) is 14.1 Å². The summed E-state index contributed by atoms with van der Waals surface area (Å²) < 4.78 is 12.0. The highest BCUT2D eigenvalue weighted by atomic mass is 16.5. The van der Waals surface area contributed by atoms with Gasteiger partial charge in [-0.05, 0) is 42.9 Å². The molecule has 1 aliphatic carbocycles. The minimum atomic E-state index is -1.22. The maximum absolute atomic E-state index is 10.8. The molecule has 1 aromatic heterocycles. The number of oxazole rings is 1.